The minimum absolute atomic E-state index is 0.246. The molecular formula is C21H13Cl3N2O3. The molecule has 0 unspecified atom stereocenters. The molecule has 0 saturated carbocycles. The molecule has 146 valence electrons. The first kappa shape index (κ1) is 19.6. The Hall–Kier alpha value is -2.73. The van der Waals surface area contributed by atoms with E-state index in [0.717, 1.165) is 5.56 Å². The van der Waals surface area contributed by atoms with E-state index < -0.39 is 0 Å². The number of carbonyl (C=O) groups is 1. The van der Waals surface area contributed by atoms with Gasteiger partial charge >= 0.3 is 0 Å². The van der Waals surface area contributed by atoms with Crippen LogP contribution in [0.15, 0.2) is 65.1 Å². The molecule has 0 saturated heterocycles. The molecule has 1 aromatic heterocycles. The molecule has 8 heteroatoms. The maximum atomic E-state index is 12.2. The van der Waals surface area contributed by atoms with Crippen molar-refractivity contribution in [1.29, 1.82) is 0 Å². The van der Waals surface area contributed by atoms with Gasteiger partial charge in [0.05, 0.1) is 15.1 Å². The highest BCUT2D eigenvalue weighted by atomic mass is 35.5. The van der Waals surface area contributed by atoms with E-state index in [0.29, 0.717) is 27.7 Å². The van der Waals surface area contributed by atoms with Gasteiger partial charge in [0.15, 0.2) is 12.2 Å². The van der Waals surface area contributed by atoms with Gasteiger partial charge in [0.1, 0.15) is 11.3 Å². The summed E-state index contributed by atoms with van der Waals surface area (Å²) in [5.41, 5.74) is 2.70. The van der Waals surface area contributed by atoms with Crippen LogP contribution in [0.1, 0.15) is 0 Å². The molecule has 1 heterocycles. The lowest BCUT2D eigenvalue weighted by molar-refractivity contribution is -0.118. The normalized spacial score (nSPS) is 10.9. The predicted molar refractivity (Wildman–Crippen MR) is 115 cm³/mol. The third-order valence-corrected chi connectivity index (χ3v) is 5.04. The molecule has 4 aromatic rings. The first-order chi connectivity index (χ1) is 14.0. The maximum absolute atomic E-state index is 12.2. The third-order valence-electron chi connectivity index (χ3n) is 4.03. The summed E-state index contributed by atoms with van der Waals surface area (Å²) in [4.78, 5) is 16.7. The molecule has 1 N–H and O–H groups in total. The van der Waals surface area contributed by atoms with Gasteiger partial charge in [0.25, 0.3) is 5.91 Å². The highest BCUT2D eigenvalue weighted by Crippen LogP contribution is 2.34. The summed E-state index contributed by atoms with van der Waals surface area (Å²) in [5, 5.41) is 3.62. The lowest BCUT2D eigenvalue weighted by Gasteiger charge is -2.09. The number of oxazole rings is 1. The van der Waals surface area contributed by atoms with Gasteiger partial charge in [-0.25, -0.2) is 4.98 Å². The molecule has 0 bridgehead atoms. The summed E-state index contributed by atoms with van der Waals surface area (Å²) in [5.74, 6) is 0.426. The minimum atomic E-state index is -0.363. The van der Waals surface area contributed by atoms with Crippen LogP contribution >= 0.6 is 34.8 Å². The largest absolute Gasteiger partial charge is 0.482 e. The van der Waals surface area contributed by atoms with Gasteiger partial charge in [0, 0.05) is 17.3 Å². The Kier molecular flexibility index (Phi) is 5.62. The van der Waals surface area contributed by atoms with Crippen LogP contribution < -0.4 is 10.1 Å². The Morgan fingerprint density at radius 2 is 1.72 bits per heavy atom. The zero-order valence-electron chi connectivity index (χ0n) is 14.8. The highest BCUT2D eigenvalue weighted by Gasteiger charge is 2.12. The van der Waals surface area contributed by atoms with E-state index in [4.69, 9.17) is 44.0 Å². The van der Waals surface area contributed by atoms with Crippen molar-refractivity contribution in [3.05, 3.63) is 75.7 Å². The van der Waals surface area contributed by atoms with E-state index in [1.807, 2.05) is 30.3 Å². The number of anilines is 1. The van der Waals surface area contributed by atoms with Crippen LogP contribution in [-0.4, -0.2) is 17.5 Å². The molecule has 0 aliphatic heterocycles. The Bertz CT molecular complexity index is 1190. The number of halogens is 3. The summed E-state index contributed by atoms with van der Waals surface area (Å²) in [6.07, 6.45) is 0. The summed E-state index contributed by atoms with van der Waals surface area (Å²) in [7, 11) is 0. The lowest BCUT2D eigenvalue weighted by Crippen LogP contribution is -2.20. The van der Waals surface area contributed by atoms with E-state index >= 15 is 0 Å². The molecule has 0 aliphatic carbocycles. The smallest absolute Gasteiger partial charge is 0.262 e. The van der Waals surface area contributed by atoms with Crippen LogP contribution in [0.5, 0.6) is 5.75 Å². The van der Waals surface area contributed by atoms with Crippen LogP contribution in [0.3, 0.4) is 0 Å². The molecule has 0 atom stereocenters. The van der Waals surface area contributed by atoms with Gasteiger partial charge < -0.3 is 14.5 Å². The van der Waals surface area contributed by atoms with Crippen molar-refractivity contribution in [3.8, 4) is 17.2 Å². The number of fused-ring (bicyclic) bond motifs is 1. The Balaban J connectivity index is 1.45. The van der Waals surface area contributed by atoms with Gasteiger partial charge in [0.2, 0.25) is 5.89 Å². The molecule has 29 heavy (non-hydrogen) atoms. The molecule has 5 nitrogen and oxygen atoms in total. The molecule has 0 aliphatic rings. The first-order valence-corrected chi connectivity index (χ1v) is 9.66. The Labute approximate surface area is 181 Å². The quantitative estimate of drug-likeness (QED) is 0.356. The molecule has 4 rings (SSSR count). The molecule has 0 radical (unpaired) electrons. The number of aromatic nitrogens is 1. The number of benzene rings is 3. The second-order valence-corrected chi connectivity index (χ2v) is 7.32. The van der Waals surface area contributed by atoms with Crippen LogP contribution in [0.2, 0.25) is 15.1 Å². The van der Waals surface area contributed by atoms with Crippen molar-refractivity contribution in [3.63, 3.8) is 0 Å². The number of hydrogen-bond acceptors (Lipinski definition) is 4. The maximum Gasteiger partial charge on any atom is 0.262 e. The molecular weight excluding hydrogens is 435 g/mol. The Morgan fingerprint density at radius 1 is 0.966 bits per heavy atom. The summed E-state index contributed by atoms with van der Waals surface area (Å²) < 4.78 is 11.2. The van der Waals surface area contributed by atoms with Crippen molar-refractivity contribution in [1.82, 2.24) is 4.98 Å². The van der Waals surface area contributed by atoms with E-state index in [1.54, 1.807) is 18.2 Å². The number of hydrogen-bond donors (Lipinski definition) is 1. The van der Waals surface area contributed by atoms with Crippen LogP contribution in [0, 0.1) is 0 Å². The first-order valence-electron chi connectivity index (χ1n) is 8.53. The number of rotatable bonds is 5. The predicted octanol–water partition coefficient (Wildman–Crippen LogP) is 6.47. The second kappa shape index (κ2) is 8.33. The molecule has 1 amide bonds. The van der Waals surface area contributed by atoms with E-state index in [9.17, 15) is 4.79 Å². The zero-order valence-corrected chi connectivity index (χ0v) is 17.1. The number of amides is 1. The Morgan fingerprint density at radius 3 is 2.52 bits per heavy atom. The standard InChI is InChI=1S/C21H13Cl3N2O3/c22-14-9-16(24)19(10-15(14)23)28-11-20(27)25-13-6-7-18-17(8-13)26-21(29-18)12-4-2-1-3-5-12/h1-10H,11H2,(H,25,27). The fraction of sp³-hybridized carbons (Fsp3) is 0.0476. The SMILES string of the molecule is O=C(COc1cc(Cl)c(Cl)cc1Cl)Nc1ccc2oc(-c3ccccc3)nc2c1. The fourth-order valence-electron chi connectivity index (χ4n) is 2.66. The van der Waals surface area contributed by atoms with Crippen LogP contribution in [0.4, 0.5) is 5.69 Å². The zero-order chi connectivity index (χ0) is 20.4. The van der Waals surface area contributed by atoms with Gasteiger partial charge in [-0.2, -0.15) is 0 Å². The van der Waals surface area contributed by atoms with Crippen molar-refractivity contribution in [2.75, 3.05) is 11.9 Å². The van der Waals surface area contributed by atoms with Crippen molar-refractivity contribution < 1.29 is 13.9 Å². The highest BCUT2D eigenvalue weighted by molar-refractivity contribution is 6.43. The molecule has 0 fully saturated rings. The summed E-state index contributed by atoms with van der Waals surface area (Å²) >= 11 is 17.9. The van der Waals surface area contributed by atoms with Crippen molar-refractivity contribution in [2.45, 2.75) is 0 Å². The van der Waals surface area contributed by atoms with E-state index in [1.165, 1.54) is 12.1 Å². The molecule has 0 spiro atoms. The fourth-order valence-corrected chi connectivity index (χ4v) is 3.26. The number of ether oxygens (including phenoxy) is 1. The average molecular weight is 448 g/mol. The van der Waals surface area contributed by atoms with Gasteiger partial charge in [-0.15, -0.1) is 0 Å². The van der Waals surface area contributed by atoms with Gasteiger partial charge in [-0.3, -0.25) is 4.79 Å². The monoisotopic (exact) mass is 446 g/mol. The van der Waals surface area contributed by atoms with Crippen LogP contribution in [0.25, 0.3) is 22.6 Å². The lowest BCUT2D eigenvalue weighted by atomic mass is 10.2. The number of nitrogens with one attached hydrogen (secondary N) is 1. The van der Waals surface area contributed by atoms with Gasteiger partial charge in [-0.1, -0.05) is 53.0 Å². The number of carbonyl (C=O) groups excluding carboxylic acids is 1. The van der Waals surface area contributed by atoms with Crippen LogP contribution in [-0.2, 0) is 4.79 Å². The van der Waals surface area contributed by atoms with Gasteiger partial charge in [-0.05, 0) is 36.4 Å². The number of nitrogens with zero attached hydrogens (tertiary/aromatic N) is 1. The topological polar surface area (TPSA) is 64.4 Å². The summed E-state index contributed by atoms with van der Waals surface area (Å²) in [6, 6.07) is 17.7. The minimum Gasteiger partial charge on any atom is -0.482 e. The average Bonchev–Trinajstić information content (AvgIpc) is 3.14. The van der Waals surface area contributed by atoms with Crippen molar-refractivity contribution in [2.24, 2.45) is 0 Å². The summed E-state index contributed by atoms with van der Waals surface area (Å²) in [6.45, 7) is -0.246. The van der Waals surface area contributed by atoms with E-state index in [2.05, 4.69) is 10.3 Å². The molecule has 3 aromatic carbocycles. The third kappa shape index (κ3) is 4.48. The van der Waals surface area contributed by atoms with E-state index in [-0.39, 0.29) is 28.3 Å². The van der Waals surface area contributed by atoms with Crippen molar-refractivity contribution >= 4 is 57.5 Å². The second-order valence-electron chi connectivity index (χ2n) is 6.10.